The molecule has 0 radical (unpaired) electrons. The molecule has 15 heavy (non-hydrogen) atoms. The van der Waals surface area contributed by atoms with E-state index in [1.165, 1.54) is 16.3 Å². The van der Waals surface area contributed by atoms with E-state index in [4.69, 9.17) is 0 Å². The minimum absolute atomic E-state index is 0.108. The number of carbonyl (C=O) groups excluding carboxylic acids is 1. The van der Waals surface area contributed by atoms with Crippen LogP contribution in [0.3, 0.4) is 0 Å². The van der Waals surface area contributed by atoms with Gasteiger partial charge in [0.1, 0.15) is 0 Å². The Labute approximate surface area is 87.7 Å². The molecule has 2 aromatic rings. The summed E-state index contributed by atoms with van der Waals surface area (Å²) in [6.45, 7) is 0. The van der Waals surface area contributed by atoms with Crippen LogP contribution in [-0.4, -0.2) is 5.78 Å². The molecule has 0 heterocycles. The molecule has 0 saturated heterocycles. The maximum atomic E-state index is 12.3. The van der Waals surface area contributed by atoms with Gasteiger partial charge in [-0.05, 0) is 29.2 Å². The number of benzene rings is 2. The molecular formula is C14H10O. The van der Waals surface area contributed by atoms with Crippen LogP contribution in [0.25, 0.3) is 10.8 Å². The second kappa shape index (κ2) is 2.13. The molecule has 1 spiro atoms. The van der Waals surface area contributed by atoms with Gasteiger partial charge in [-0.3, -0.25) is 4.79 Å². The van der Waals surface area contributed by atoms with E-state index in [1.807, 2.05) is 12.1 Å². The highest BCUT2D eigenvalue weighted by atomic mass is 16.1. The van der Waals surface area contributed by atoms with E-state index in [1.54, 1.807) is 0 Å². The maximum Gasteiger partial charge on any atom is 0.174 e. The maximum absolute atomic E-state index is 12.3. The third kappa shape index (κ3) is 0.707. The van der Waals surface area contributed by atoms with Crippen LogP contribution in [0.1, 0.15) is 28.8 Å². The minimum Gasteiger partial charge on any atom is -0.293 e. The third-order valence-corrected chi connectivity index (χ3v) is 3.85. The van der Waals surface area contributed by atoms with E-state index in [9.17, 15) is 4.79 Å². The number of Topliss-reactive ketones (excluding diaryl/α,β-unsaturated/α-hetero) is 1. The first kappa shape index (κ1) is 7.63. The van der Waals surface area contributed by atoms with Gasteiger partial charge in [0, 0.05) is 5.56 Å². The molecule has 1 heteroatoms. The lowest BCUT2D eigenvalue weighted by atomic mass is 9.96. The Hall–Kier alpha value is -1.63. The Kier molecular flexibility index (Phi) is 1.09. The van der Waals surface area contributed by atoms with Crippen molar-refractivity contribution in [2.45, 2.75) is 18.3 Å². The summed E-state index contributed by atoms with van der Waals surface area (Å²) < 4.78 is 0. The number of fused-ring (bicyclic) bond motifs is 1. The fraction of sp³-hybridized carbons (Fsp3) is 0.214. The first-order valence-corrected chi connectivity index (χ1v) is 5.40. The Morgan fingerprint density at radius 2 is 1.73 bits per heavy atom. The Morgan fingerprint density at radius 3 is 2.47 bits per heavy atom. The van der Waals surface area contributed by atoms with Crippen LogP contribution in [0.4, 0.5) is 0 Å². The van der Waals surface area contributed by atoms with Gasteiger partial charge in [-0.15, -0.1) is 0 Å². The molecule has 2 aliphatic carbocycles. The van der Waals surface area contributed by atoms with Crippen molar-refractivity contribution in [3.63, 3.8) is 0 Å². The molecule has 2 aromatic carbocycles. The van der Waals surface area contributed by atoms with Crippen LogP contribution in [-0.2, 0) is 5.41 Å². The molecule has 0 atom stereocenters. The molecule has 0 amide bonds. The molecule has 72 valence electrons. The standard InChI is InChI=1S/C14H10O/c15-13-10-5-1-3-9-4-2-6-11(12(9)10)14(13)7-8-14/h1-6H,7-8H2. The van der Waals surface area contributed by atoms with Crippen molar-refractivity contribution in [1.29, 1.82) is 0 Å². The highest BCUT2D eigenvalue weighted by molar-refractivity contribution is 6.21. The molecule has 2 aliphatic rings. The SMILES string of the molecule is O=C1c2cccc3cccc(c23)C12CC2. The molecule has 0 bridgehead atoms. The predicted molar refractivity (Wildman–Crippen MR) is 59.2 cm³/mol. The van der Waals surface area contributed by atoms with Crippen LogP contribution in [0.2, 0.25) is 0 Å². The lowest BCUT2D eigenvalue weighted by Gasteiger charge is -2.05. The van der Waals surface area contributed by atoms with Crippen molar-refractivity contribution in [2.24, 2.45) is 0 Å². The molecule has 0 unspecified atom stereocenters. The van der Waals surface area contributed by atoms with Gasteiger partial charge in [0.2, 0.25) is 0 Å². The monoisotopic (exact) mass is 194 g/mol. The molecule has 1 nitrogen and oxygen atoms in total. The van der Waals surface area contributed by atoms with Crippen LogP contribution < -0.4 is 0 Å². The number of hydrogen-bond donors (Lipinski definition) is 0. The lowest BCUT2D eigenvalue weighted by molar-refractivity contribution is 0.0955. The highest BCUT2D eigenvalue weighted by Gasteiger charge is 2.55. The van der Waals surface area contributed by atoms with Gasteiger partial charge in [0.25, 0.3) is 0 Å². The number of carbonyl (C=O) groups is 1. The second-order valence-corrected chi connectivity index (χ2v) is 4.62. The summed E-state index contributed by atoms with van der Waals surface area (Å²) in [6, 6.07) is 12.3. The first-order chi connectivity index (χ1) is 7.33. The number of rotatable bonds is 0. The van der Waals surface area contributed by atoms with E-state index in [0.29, 0.717) is 5.78 Å². The molecule has 0 aliphatic heterocycles. The first-order valence-electron chi connectivity index (χ1n) is 5.40. The van der Waals surface area contributed by atoms with Crippen molar-refractivity contribution < 1.29 is 4.79 Å². The van der Waals surface area contributed by atoms with Crippen molar-refractivity contribution >= 4 is 16.6 Å². The van der Waals surface area contributed by atoms with Gasteiger partial charge in [-0.2, -0.15) is 0 Å². The van der Waals surface area contributed by atoms with Crippen LogP contribution in [0, 0.1) is 0 Å². The normalized spacial score (nSPS) is 20.1. The third-order valence-electron chi connectivity index (χ3n) is 3.85. The van der Waals surface area contributed by atoms with Crippen LogP contribution >= 0.6 is 0 Å². The van der Waals surface area contributed by atoms with E-state index in [0.717, 1.165) is 18.4 Å². The minimum atomic E-state index is -0.108. The summed E-state index contributed by atoms with van der Waals surface area (Å²) in [5.74, 6) is 0.356. The predicted octanol–water partition coefficient (Wildman–Crippen LogP) is 3.07. The number of ketones is 1. The average Bonchev–Trinajstić information content (AvgIpc) is 3.03. The van der Waals surface area contributed by atoms with Gasteiger partial charge in [-0.1, -0.05) is 36.4 Å². The summed E-state index contributed by atoms with van der Waals surface area (Å²) in [5, 5.41) is 2.42. The molecular weight excluding hydrogens is 184 g/mol. The fourth-order valence-electron chi connectivity index (χ4n) is 2.93. The Balaban J connectivity index is 2.27. The lowest BCUT2D eigenvalue weighted by Crippen LogP contribution is -2.13. The van der Waals surface area contributed by atoms with E-state index in [-0.39, 0.29) is 5.41 Å². The second-order valence-electron chi connectivity index (χ2n) is 4.62. The molecule has 1 fully saturated rings. The molecule has 1 saturated carbocycles. The van der Waals surface area contributed by atoms with Crippen molar-refractivity contribution in [3.05, 3.63) is 47.5 Å². The largest absolute Gasteiger partial charge is 0.293 e. The van der Waals surface area contributed by atoms with Crippen molar-refractivity contribution in [3.8, 4) is 0 Å². The zero-order valence-corrected chi connectivity index (χ0v) is 8.29. The molecule has 0 N–H and O–H groups in total. The fourth-order valence-corrected chi connectivity index (χ4v) is 2.93. The van der Waals surface area contributed by atoms with Gasteiger partial charge < -0.3 is 0 Å². The van der Waals surface area contributed by atoms with E-state index >= 15 is 0 Å². The Bertz CT molecular complexity index is 601. The zero-order valence-electron chi connectivity index (χ0n) is 8.29. The van der Waals surface area contributed by atoms with Crippen molar-refractivity contribution in [2.75, 3.05) is 0 Å². The van der Waals surface area contributed by atoms with Gasteiger partial charge in [-0.25, -0.2) is 0 Å². The van der Waals surface area contributed by atoms with Crippen LogP contribution in [0.5, 0.6) is 0 Å². The number of hydrogen-bond acceptors (Lipinski definition) is 1. The van der Waals surface area contributed by atoms with E-state index in [2.05, 4.69) is 24.3 Å². The Morgan fingerprint density at radius 1 is 1.00 bits per heavy atom. The van der Waals surface area contributed by atoms with Gasteiger partial charge in [0.15, 0.2) is 5.78 Å². The summed E-state index contributed by atoms with van der Waals surface area (Å²) in [7, 11) is 0. The average molecular weight is 194 g/mol. The zero-order chi connectivity index (χ0) is 10.0. The summed E-state index contributed by atoms with van der Waals surface area (Å²) in [5.41, 5.74) is 2.12. The summed E-state index contributed by atoms with van der Waals surface area (Å²) in [4.78, 5) is 12.3. The van der Waals surface area contributed by atoms with Crippen molar-refractivity contribution in [1.82, 2.24) is 0 Å². The smallest absolute Gasteiger partial charge is 0.174 e. The topological polar surface area (TPSA) is 17.1 Å². The van der Waals surface area contributed by atoms with Crippen LogP contribution in [0.15, 0.2) is 36.4 Å². The quantitative estimate of drug-likeness (QED) is 0.630. The molecule has 4 rings (SSSR count). The summed E-state index contributed by atoms with van der Waals surface area (Å²) in [6.07, 6.45) is 2.08. The molecule has 0 aromatic heterocycles. The summed E-state index contributed by atoms with van der Waals surface area (Å²) >= 11 is 0. The van der Waals surface area contributed by atoms with E-state index < -0.39 is 0 Å². The van der Waals surface area contributed by atoms with Gasteiger partial charge >= 0.3 is 0 Å². The van der Waals surface area contributed by atoms with Gasteiger partial charge in [0.05, 0.1) is 5.41 Å². The highest BCUT2D eigenvalue weighted by Crippen LogP contribution is 2.57.